The highest BCUT2D eigenvalue weighted by Crippen LogP contribution is 2.55. The second-order valence-corrected chi connectivity index (χ2v) is 11.9. The van der Waals surface area contributed by atoms with E-state index in [2.05, 4.69) is 43.5 Å². The summed E-state index contributed by atoms with van der Waals surface area (Å²) in [4.78, 5) is 12.2. The molecule has 120 valence electrons. The third-order valence-electron chi connectivity index (χ3n) is 3.95. The predicted molar refractivity (Wildman–Crippen MR) is 91.8 cm³/mol. The van der Waals surface area contributed by atoms with E-state index in [0.717, 1.165) is 5.75 Å². The van der Waals surface area contributed by atoms with Gasteiger partial charge in [-0.2, -0.15) is 0 Å². The minimum atomic E-state index is -1.26. The lowest BCUT2D eigenvalue weighted by atomic mass is 10.1. The molecule has 0 aromatic heterocycles. The normalized spacial score (nSPS) is 24.3. The number of carbonyl (C=O) groups is 1. The molecule has 3 nitrogen and oxygen atoms in total. The molecule has 0 unspecified atom stereocenters. The van der Waals surface area contributed by atoms with Gasteiger partial charge in [-0.25, -0.2) is 0 Å². The van der Waals surface area contributed by atoms with Gasteiger partial charge in [0.05, 0.1) is 27.7 Å². The Balaban J connectivity index is 2.18. The molecule has 1 aliphatic rings. The van der Waals surface area contributed by atoms with Gasteiger partial charge < -0.3 is 9.47 Å². The quantitative estimate of drug-likeness (QED) is 0.587. The van der Waals surface area contributed by atoms with Crippen molar-refractivity contribution in [1.29, 1.82) is 0 Å². The lowest BCUT2D eigenvalue weighted by molar-refractivity contribution is -0.145. The molecule has 0 saturated heterocycles. The number of benzene rings is 1. The number of carbonyl (C=O) groups excluding carboxylic acids is 1. The standard InChI is InChI=1S/C18H26O3Si/c1-6-21-18(19)17-15(11-12-22(3,4)5)16(17)13-7-9-14(20-2)10-8-13/h7-12,15-17H,6H2,1-5H3/b12-11+/t15-,16-,17-/m0/s1. The molecule has 22 heavy (non-hydrogen) atoms. The van der Waals surface area contributed by atoms with Gasteiger partial charge in [0.15, 0.2) is 0 Å². The van der Waals surface area contributed by atoms with E-state index in [1.165, 1.54) is 5.56 Å². The molecule has 0 N–H and O–H groups in total. The lowest BCUT2D eigenvalue weighted by Crippen LogP contribution is -2.15. The van der Waals surface area contributed by atoms with Gasteiger partial charge in [-0.15, -0.1) is 0 Å². The monoisotopic (exact) mass is 318 g/mol. The van der Waals surface area contributed by atoms with Crippen LogP contribution in [-0.2, 0) is 9.53 Å². The van der Waals surface area contributed by atoms with Crippen molar-refractivity contribution in [1.82, 2.24) is 0 Å². The summed E-state index contributed by atoms with van der Waals surface area (Å²) in [6.45, 7) is 9.19. The summed E-state index contributed by atoms with van der Waals surface area (Å²) in [7, 11) is 0.399. The summed E-state index contributed by atoms with van der Waals surface area (Å²) in [5, 5.41) is 0. The smallest absolute Gasteiger partial charge is 0.310 e. The zero-order valence-corrected chi connectivity index (χ0v) is 15.1. The molecule has 0 aliphatic heterocycles. The van der Waals surface area contributed by atoms with E-state index < -0.39 is 8.07 Å². The van der Waals surface area contributed by atoms with Crippen molar-refractivity contribution in [3.63, 3.8) is 0 Å². The number of rotatable bonds is 6. The van der Waals surface area contributed by atoms with Crippen LogP contribution in [0.2, 0.25) is 19.6 Å². The number of ether oxygens (including phenoxy) is 2. The Labute approximate surface area is 134 Å². The summed E-state index contributed by atoms with van der Waals surface area (Å²) in [6, 6.07) is 8.01. The van der Waals surface area contributed by atoms with Gasteiger partial charge in [-0.05, 0) is 30.5 Å². The van der Waals surface area contributed by atoms with Gasteiger partial charge in [-0.1, -0.05) is 43.5 Å². The van der Waals surface area contributed by atoms with E-state index in [1.54, 1.807) is 7.11 Å². The fraction of sp³-hybridized carbons (Fsp3) is 0.500. The zero-order valence-electron chi connectivity index (χ0n) is 14.1. The summed E-state index contributed by atoms with van der Waals surface area (Å²) in [5.74, 6) is 1.22. The minimum absolute atomic E-state index is 0.0408. The van der Waals surface area contributed by atoms with E-state index in [1.807, 2.05) is 19.1 Å². The van der Waals surface area contributed by atoms with Gasteiger partial charge >= 0.3 is 5.97 Å². The summed E-state index contributed by atoms with van der Waals surface area (Å²) in [5.41, 5.74) is 3.51. The molecule has 1 fully saturated rings. The Morgan fingerprint density at radius 3 is 2.36 bits per heavy atom. The average Bonchev–Trinajstić information content (AvgIpc) is 3.19. The average molecular weight is 318 g/mol. The van der Waals surface area contributed by atoms with Crippen LogP contribution in [0.25, 0.3) is 0 Å². The van der Waals surface area contributed by atoms with Crippen molar-refractivity contribution in [2.75, 3.05) is 13.7 Å². The number of hydrogen-bond donors (Lipinski definition) is 0. The van der Waals surface area contributed by atoms with E-state index >= 15 is 0 Å². The molecular weight excluding hydrogens is 292 g/mol. The molecule has 0 radical (unpaired) electrons. The first-order valence-electron chi connectivity index (χ1n) is 7.87. The molecule has 0 bridgehead atoms. The second-order valence-electron chi connectivity index (χ2n) is 6.88. The number of hydrogen-bond acceptors (Lipinski definition) is 3. The topological polar surface area (TPSA) is 35.5 Å². The van der Waals surface area contributed by atoms with Crippen LogP contribution in [0.1, 0.15) is 18.4 Å². The van der Waals surface area contributed by atoms with Crippen molar-refractivity contribution in [2.45, 2.75) is 32.5 Å². The summed E-state index contributed by atoms with van der Waals surface area (Å²) in [6.07, 6.45) is 2.24. The third kappa shape index (κ3) is 4.00. The van der Waals surface area contributed by atoms with Gasteiger partial charge in [-0.3, -0.25) is 4.79 Å². The Kier molecular flexibility index (Phi) is 5.11. The fourth-order valence-electron chi connectivity index (χ4n) is 2.77. The van der Waals surface area contributed by atoms with Crippen LogP contribution in [0.5, 0.6) is 5.75 Å². The minimum Gasteiger partial charge on any atom is -0.497 e. The number of allylic oxidation sites excluding steroid dienone is 1. The zero-order chi connectivity index (χ0) is 16.3. The van der Waals surface area contributed by atoms with Crippen LogP contribution in [-0.4, -0.2) is 27.8 Å². The van der Waals surface area contributed by atoms with Crippen molar-refractivity contribution in [3.05, 3.63) is 41.6 Å². The SMILES string of the molecule is CCOC(=O)[C@H]1[C@@H](/C=C/[Si](C)(C)C)[C@@H]1c1ccc(OC)cc1. The van der Waals surface area contributed by atoms with Crippen LogP contribution in [0.3, 0.4) is 0 Å². The molecule has 0 heterocycles. The van der Waals surface area contributed by atoms with Gasteiger partial charge in [0.1, 0.15) is 5.75 Å². The molecule has 3 atom stereocenters. The van der Waals surface area contributed by atoms with Crippen molar-refractivity contribution in [3.8, 4) is 5.75 Å². The van der Waals surface area contributed by atoms with E-state index in [0.29, 0.717) is 6.61 Å². The maximum atomic E-state index is 12.2. The van der Waals surface area contributed by atoms with Gasteiger partial charge in [0, 0.05) is 5.92 Å². The summed E-state index contributed by atoms with van der Waals surface area (Å²) < 4.78 is 10.4. The Bertz CT molecular complexity index is 542. The highest BCUT2D eigenvalue weighted by atomic mass is 28.3. The van der Waals surface area contributed by atoms with Crippen LogP contribution < -0.4 is 4.74 Å². The van der Waals surface area contributed by atoms with Crippen molar-refractivity contribution in [2.24, 2.45) is 11.8 Å². The van der Waals surface area contributed by atoms with Gasteiger partial charge in [0.25, 0.3) is 0 Å². The van der Waals surface area contributed by atoms with Crippen LogP contribution in [0.4, 0.5) is 0 Å². The first-order chi connectivity index (χ1) is 10.4. The Morgan fingerprint density at radius 2 is 1.86 bits per heavy atom. The first-order valence-corrected chi connectivity index (χ1v) is 11.4. The van der Waals surface area contributed by atoms with Crippen LogP contribution in [0, 0.1) is 11.8 Å². The Hall–Kier alpha value is -1.55. The Morgan fingerprint density at radius 1 is 1.23 bits per heavy atom. The maximum Gasteiger partial charge on any atom is 0.310 e. The maximum absolute atomic E-state index is 12.2. The number of methoxy groups -OCH3 is 1. The van der Waals surface area contributed by atoms with E-state index in [4.69, 9.17) is 9.47 Å². The molecular formula is C18H26O3Si. The highest BCUT2D eigenvalue weighted by molar-refractivity contribution is 6.80. The molecule has 1 aromatic carbocycles. The molecule has 1 aliphatic carbocycles. The predicted octanol–water partition coefficient (Wildman–Crippen LogP) is 4.02. The molecule has 2 rings (SSSR count). The summed E-state index contributed by atoms with van der Waals surface area (Å²) >= 11 is 0. The lowest BCUT2D eigenvalue weighted by Gasteiger charge is -2.07. The first kappa shape index (κ1) is 16.8. The highest BCUT2D eigenvalue weighted by Gasteiger charge is 2.54. The van der Waals surface area contributed by atoms with Crippen molar-refractivity contribution >= 4 is 14.0 Å². The fourth-order valence-corrected chi connectivity index (χ4v) is 3.57. The van der Waals surface area contributed by atoms with E-state index in [-0.39, 0.29) is 23.7 Å². The molecule has 0 spiro atoms. The molecule has 1 saturated carbocycles. The van der Waals surface area contributed by atoms with Gasteiger partial charge in [0.2, 0.25) is 0 Å². The second kappa shape index (κ2) is 6.69. The molecule has 0 amide bonds. The molecule has 1 aromatic rings. The van der Waals surface area contributed by atoms with Crippen LogP contribution >= 0.6 is 0 Å². The number of esters is 1. The molecule has 4 heteroatoms. The van der Waals surface area contributed by atoms with Crippen LogP contribution in [0.15, 0.2) is 36.0 Å². The largest absolute Gasteiger partial charge is 0.497 e. The third-order valence-corrected chi connectivity index (χ3v) is 5.15. The van der Waals surface area contributed by atoms with E-state index in [9.17, 15) is 4.79 Å². The van der Waals surface area contributed by atoms with Crippen molar-refractivity contribution < 1.29 is 14.3 Å².